The van der Waals surface area contributed by atoms with E-state index in [1.807, 2.05) is 0 Å². The van der Waals surface area contributed by atoms with Gasteiger partial charge in [0.1, 0.15) is 16.7 Å². The monoisotopic (exact) mass is 295 g/mol. The van der Waals surface area contributed by atoms with Crippen LogP contribution in [0, 0.1) is 0 Å². The predicted octanol–water partition coefficient (Wildman–Crippen LogP) is 0.301. The second kappa shape index (κ2) is 6.30. The Labute approximate surface area is 119 Å². The van der Waals surface area contributed by atoms with E-state index >= 15 is 0 Å². The van der Waals surface area contributed by atoms with Crippen LogP contribution >= 0.6 is 0 Å². The van der Waals surface area contributed by atoms with Gasteiger partial charge in [0.05, 0.1) is 4.90 Å². The molecule has 2 rings (SSSR count). The topological polar surface area (TPSA) is 64.7 Å². The van der Waals surface area contributed by atoms with Crippen molar-refractivity contribution in [2.45, 2.75) is 31.2 Å². The molecule has 0 saturated carbocycles. The number of nitrogens with zero attached hydrogens (tertiary/aromatic N) is 1. The van der Waals surface area contributed by atoms with E-state index in [0.717, 1.165) is 25.1 Å². The molecule has 1 aromatic rings. The average Bonchev–Trinajstić information content (AvgIpc) is 2.83. The molecule has 6 heteroatoms. The fourth-order valence-corrected chi connectivity index (χ4v) is 2.55. The molecular formula is C14H19N2O3S+. The lowest BCUT2D eigenvalue weighted by Gasteiger charge is -2.08. The highest BCUT2D eigenvalue weighted by Crippen LogP contribution is 2.09. The van der Waals surface area contributed by atoms with E-state index < -0.39 is 10.1 Å². The number of nitrogens with one attached hydrogen (secondary N) is 1. The zero-order chi connectivity index (χ0) is 14.6. The van der Waals surface area contributed by atoms with Crippen LogP contribution in [0.2, 0.25) is 0 Å². The van der Waals surface area contributed by atoms with Gasteiger partial charge in [-0.2, -0.15) is 4.58 Å². The van der Waals surface area contributed by atoms with E-state index in [9.17, 15) is 13.0 Å². The van der Waals surface area contributed by atoms with Crippen molar-refractivity contribution in [1.82, 2.24) is 0 Å². The van der Waals surface area contributed by atoms with Crippen LogP contribution in [0.3, 0.4) is 0 Å². The lowest BCUT2D eigenvalue weighted by Crippen LogP contribution is -3.04. The van der Waals surface area contributed by atoms with Gasteiger partial charge in [-0.15, -0.1) is 0 Å². The zero-order valence-electron chi connectivity index (χ0n) is 11.5. The normalized spacial score (nSPS) is 18.3. The minimum atomic E-state index is -4.35. The van der Waals surface area contributed by atoms with Crippen LogP contribution in [0.5, 0.6) is 0 Å². The van der Waals surface area contributed by atoms with Crippen LogP contribution in [0.4, 0.5) is 0 Å². The molecule has 1 aliphatic heterocycles. The summed E-state index contributed by atoms with van der Waals surface area (Å²) >= 11 is 0. The second-order valence-electron chi connectivity index (χ2n) is 4.89. The molecule has 0 amide bonds. The number of hydrogen-bond acceptors (Lipinski definition) is 3. The molecule has 5 nitrogen and oxygen atoms in total. The van der Waals surface area contributed by atoms with Gasteiger partial charge in [-0.05, 0) is 12.1 Å². The molecule has 0 spiro atoms. The summed E-state index contributed by atoms with van der Waals surface area (Å²) < 4.78 is 34.7. The lowest BCUT2D eigenvalue weighted by molar-refractivity contribution is -0.764. The second-order valence-corrected chi connectivity index (χ2v) is 6.27. The summed E-state index contributed by atoms with van der Waals surface area (Å²) in [5.41, 5.74) is 0.991. The zero-order valence-corrected chi connectivity index (χ0v) is 12.3. The first-order valence-corrected chi connectivity index (χ1v) is 8.09. The predicted molar refractivity (Wildman–Crippen MR) is 74.3 cm³/mol. The highest BCUT2D eigenvalue weighted by molar-refractivity contribution is 7.85. The highest BCUT2D eigenvalue weighted by Gasteiger charge is 2.17. The summed E-state index contributed by atoms with van der Waals surface area (Å²) in [4.78, 5) is 1.00. The molecule has 0 saturated heterocycles. The van der Waals surface area contributed by atoms with Crippen LogP contribution in [-0.2, 0) is 16.7 Å². The standard InChI is InChI=1S/C14H18N2O3S/c1-2-3-8-15-9-10-16(12-15)11-13-4-6-14(7-5-13)20(17,18)19/h4-7,9-10,12H,2-3,8,11H2,1H3/p+1. The Balaban J connectivity index is 1.98. The molecule has 1 N–H and O–H groups in total. The van der Waals surface area contributed by atoms with Crippen LogP contribution in [-0.4, -0.2) is 30.4 Å². The third-order valence-electron chi connectivity index (χ3n) is 3.20. The maximum absolute atomic E-state index is 10.8. The minimum absolute atomic E-state index is 0.179. The van der Waals surface area contributed by atoms with Crippen molar-refractivity contribution in [3.63, 3.8) is 0 Å². The summed E-state index contributed by atoms with van der Waals surface area (Å²) in [6.45, 7) is 3.91. The smallest absolute Gasteiger partial charge is 0.335 e. The summed E-state index contributed by atoms with van der Waals surface area (Å²) in [7, 11) is -4.35. The van der Waals surface area contributed by atoms with Crippen LogP contribution < -0.4 is 4.90 Å². The fourth-order valence-electron chi connectivity index (χ4n) is 2.08. The third-order valence-corrected chi connectivity index (χ3v) is 4.05. The number of benzene rings is 1. The van der Waals surface area contributed by atoms with Crippen LogP contribution in [0.1, 0.15) is 25.3 Å². The van der Waals surface area contributed by atoms with E-state index in [4.69, 9.17) is 0 Å². The van der Waals surface area contributed by atoms with Gasteiger partial charge in [0, 0.05) is 12.0 Å². The summed E-state index contributed by atoms with van der Waals surface area (Å²) in [6.07, 6.45) is 8.55. The highest BCUT2D eigenvalue weighted by atomic mass is 32.2. The van der Waals surface area contributed by atoms with Crippen molar-refractivity contribution in [2.75, 3.05) is 6.54 Å². The van der Waals surface area contributed by atoms with E-state index in [1.54, 1.807) is 12.1 Å². The maximum atomic E-state index is 10.8. The lowest BCUT2D eigenvalue weighted by atomic mass is 10.2. The van der Waals surface area contributed by atoms with Gasteiger partial charge >= 0.3 is 6.34 Å². The first-order valence-electron chi connectivity index (χ1n) is 6.68. The number of unbranched alkanes of at least 4 members (excludes halogenated alkanes) is 1. The van der Waals surface area contributed by atoms with Gasteiger partial charge in [0.15, 0.2) is 12.7 Å². The number of quaternary nitrogens is 1. The van der Waals surface area contributed by atoms with Gasteiger partial charge in [-0.3, -0.25) is 0 Å². The molecule has 1 unspecified atom stereocenters. The largest absolute Gasteiger partial charge is 0.744 e. The van der Waals surface area contributed by atoms with Gasteiger partial charge in [0.2, 0.25) is 6.20 Å². The Morgan fingerprint density at radius 3 is 2.55 bits per heavy atom. The summed E-state index contributed by atoms with van der Waals surface area (Å²) in [5, 5.41) is 0. The Morgan fingerprint density at radius 1 is 1.25 bits per heavy atom. The van der Waals surface area contributed by atoms with Crippen molar-refractivity contribution in [3.8, 4) is 0 Å². The number of hydrogen-bond donors (Lipinski definition) is 1. The molecule has 0 aliphatic carbocycles. The SMILES string of the molecule is CCCC[N+]1=C[NH+](Cc2ccc(S(=O)(=O)[O-])cc2)C=C1. The third kappa shape index (κ3) is 4.00. The fraction of sp³-hybridized carbons (Fsp3) is 0.357. The first-order chi connectivity index (χ1) is 9.49. The van der Waals surface area contributed by atoms with Gasteiger partial charge in [0.25, 0.3) is 0 Å². The molecule has 108 valence electrons. The molecule has 0 radical (unpaired) electrons. The first kappa shape index (κ1) is 14.9. The van der Waals surface area contributed by atoms with Crippen molar-refractivity contribution >= 4 is 16.5 Å². The molecular weight excluding hydrogens is 276 g/mol. The van der Waals surface area contributed by atoms with Crippen molar-refractivity contribution in [2.24, 2.45) is 0 Å². The average molecular weight is 295 g/mol. The Bertz CT molecular complexity index is 618. The Kier molecular flexibility index (Phi) is 4.69. The summed E-state index contributed by atoms with van der Waals surface area (Å²) in [5.74, 6) is 0. The van der Waals surface area contributed by atoms with Crippen LogP contribution in [0.15, 0.2) is 41.6 Å². The molecule has 0 aromatic heterocycles. The summed E-state index contributed by atoms with van der Waals surface area (Å²) in [6, 6.07) is 6.11. The molecule has 0 bridgehead atoms. The van der Waals surface area contributed by atoms with Gasteiger partial charge in [-0.1, -0.05) is 25.5 Å². The van der Waals surface area contributed by atoms with Crippen molar-refractivity contribution < 1.29 is 22.4 Å². The van der Waals surface area contributed by atoms with E-state index in [1.165, 1.54) is 23.5 Å². The van der Waals surface area contributed by atoms with Crippen molar-refractivity contribution in [3.05, 3.63) is 42.2 Å². The molecule has 0 fully saturated rings. The van der Waals surface area contributed by atoms with Gasteiger partial charge in [-0.25, -0.2) is 13.3 Å². The maximum Gasteiger partial charge on any atom is 0.335 e. The minimum Gasteiger partial charge on any atom is -0.744 e. The molecule has 1 heterocycles. The Morgan fingerprint density at radius 2 is 1.95 bits per heavy atom. The molecule has 1 atom stereocenters. The van der Waals surface area contributed by atoms with E-state index in [2.05, 4.69) is 30.2 Å². The van der Waals surface area contributed by atoms with Crippen LogP contribution in [0.25, 0.3) is 0 Å². The molecule has 1 aliphatic rings. The number of rotatable bonds is 6. The Hall–Kier alpha value is -1.50. The quantitative estimate of drug-likeness (QED) is 0.606. The molecule has 1 aromatic carbocycles. The molecule has 20 heavy (non-hydrogen) atoms. The van der Waals surface area contributed by atoms with E-state index in [0.29, 0.717) is 0 Å². The van der Waals surface area contributed by atoms with Gasteiger partial charge < -0.3 is 4.55 Å². The van der Waals surface area contributed by atoms with E-state index in [-0.39, 0.29) is 4.90 Å². The van der Waals surface area contributed by atoms with Crippen molar-refractivity contribution in [1.29, 1.82) is 0 Å².